The fraction of sp³-hybridized carbons (Fsp3) is 0.562. The van der Waals surface area contributed by atoms with E-state index in [2.05, 4.69) is 31.9 Å². The highest BCUT2D eigenvalue weighted by Gasteiger charge is 2.39. The van der Waals surface area contributed by atoms with Crippen LogP contribution >= 0.6 is 0 Å². The van der Waals surface area contributed by atoms with Crippen molar-refractivity contribution < 1.29 is 9.59 Å². The number of aromatic nitrogens is 2. The second kappa shape index (κ2) is 6.83. The van der Waals surface area contributed by atoms with Crippen LogP contribution in [-0.2, 0) is 9.59 Å². The van der Waals surface area contributed by atoms with Crippen molar-refractivity contribution in [2.75, 3.05) is 11.9 Å². The van der Waals surface area contributed by atoms with Crippen molar-refractivity contribution in [1.29, 1.82) is 0 Å². The summed E-state index contributed by atoms with van der Waals surface area (Å²) < 4.78 is 1.79. The molecule has 3 rings (SSSR count). The first-order valence-corrected chi connectivity index (χ1v) is 8.08. The van der Waals surface area contributed by atoms with Gasteiger partial charge in [-0.15, -0.1) is 12.3 Å². The Kier molecular flexibility index (Phi) is 4.60. The molecule has 24 heavy (non-hydrogen) atoms. The average molecular weight is 328 g/mol. The molecule has 0 aliphatic carbocycles. The van der Waals surface area contributed by atoms with E-state index in [1.807, 2.05) is 0 Å². The molecule has 1 unspecified atom stereocenters. The fourth-order valence-electron chi connectivity index (χ4n) is 2.75. The molecule has 2 amide bonds. The van der Waals surface area contributed by atoms with E-state index in [0.717, 1.165) is 6.42 Å². The van der Waals surface area contributed by atoms with Crippen LogP contribution in [0, 0.1) is 12.3 Å². The van der Waals surface area contributed by atoms with E-state index >= 15 is 0 Å². The summed E-state index contributed by atoms with van der Waals surface area (Å²) in [5.74, 6) is 2.55. The molecule has 0 radical (unpaired) electrons. The van der Waals surface area contributed by atoms with E-state index in [1.54, 1.807) is 17.1 Å². The molecule has 0 spiro atoms. The standard InChI is InChI=1S/C16H20N6O2/c1-2-3-7-16(20-21-16)8-6-15(24)19-12-9-18-22(11-12)13-4-5-14(23)17-10-13/h1,9,11,13H,3-8,10H2,(H,17,23)(H,19,24). The number of carbonyl (C=O) groups excluding carboxylic acids is 2. The SMILES string of the molecule is C#CCCC1(CCC(=O)Nc2cnn(C3CCC(=O)NC3)c2)N=N1. The number of terminal acetylenes is 1. The fourth-order valence-corrected chi connectivity index (χ4v) is 2.75. The lowest BCUT2D eigenvalue weighted by Gasteiger charge is -2.22. The second-order valence-corrected chi connectivity index (χ2v) is 6.14. The number of nitrogens with zero attached hydrogens (tertiary/aromatic N) is 4. The highest BCUT2D eigenvalue weighted by Crippen LogP contribution is 2.37. The Hall–Kier alpha value is -2.69. The first-order chi connectivity index (χ1) is 11.6. The van der Waals surface area contributed by atoms with Crippen LogP contribution in [0.4, 0.5) is 5.69 Å². The quantitative estimate of drug-likeness (QED) is 0.744. The highest BCUT2D eigenvalue weighted by molar-refractivity contribution is 5.90. The zero-order chi connectivity index (χ0) is 17.0. The van der Waals surface area contributed by atoms with Crippen molar-refractivity contribution in [3.05, 3.63) is 12.4 Å². The molecule has 126 valence electrons. The Morgan fingerprint density at radius 1 is 1.50 bits per heavy atom. The molecular weight excluding hydrogens is 308 g/mol. The lowest BCUT2D eigenvalue weighted by atomic mass is 10.0. The number of hydrogen-bond acceptors (Lipinski definition) is 5. The Labute approximate surface area is 140 Å². The molecule has 1 aromatic heterocycles. The zero-order valence-corrected chi connectivity index (χ0v) is 13.4. The normalized spacial score (nSPS) is 21.0. The number of hydrogen-bond donors (Lipinski definition) is 2. The predicted molar refractivity (Wildman–Crippen MR) is 87.0 cm³/mol. The Morgan fingerprint density at radius 2 is 2.33 bits per heavy atom. The van der Waals surface area contributed by atoms with Crippen LogP contribution in [-0.4, -0.2) is 33.8 Å². The Bertz CT molecular complexity index is 686. The molecule has 0 saturated carbocycles. The van der Waals surface area contributed by atoms with Gasteiger partial charge in [-0.2, -0.15) is 15.3 Å². The molecule has 2 N–H and O–H groups in total. The lowest BCUT2D eigenvalue weighted by molar-refractivity contribution is -0.122. The van der Waals surface area contributed by atoms with Gasteiger partial charge in [0.05, 0.1) is 17.9 Å². The van der Waals surface area contributed by atoms with E-state index in [9.17, 15) is 9.59 Å². The molecule has 2 aliphatic rings. The lowest BCUT2D eigenvalue weighted by Crippen LogP contribution is -2.36. The van der Waals surface area contributed by atoms with Gasteiger partial charge >= 0.3 is 0 Å². The van der Waals surface area contributed by atoms with Gasteiger partial charge < -0.3 is 10.6 Å². The van der Waals surface area contributed by atoms with E-state index in [4.69, 9.17) is 6.42 Å². The van der Waals surface area contributed by atoms with Crippen LogP contribution in [0.2, 0.25) is 0 Å². The van der Waals surface area contributed by atoms with E-state index < -0.39 is 5.66 Å². The minimum absolute atomic E-state index is 0.0709. The van der Waals surface area contributed by atoms with Gasteiger partial charge in [0, 0.05) is 44.8 Å². The van der Waals surface area contributed by atoms with Gasteiger partial charge in [0.15, 0.2) is 5.66 Å². The summed E-state index contributed by atoms with van der Waals surface area (Å²) in [6.07, 6.45) is 12.1. The van der Waals surface area contributed by atoms with Crippen LogP contribution in [0.3, 0.4) is 0 Å². The van der Waals surface area contributed by atoms with Crippen LogP contribution in [0.5, 0.6) is 0 Å². The molecule has 2 aliphatic heterocycles. The first kappa shape index (κ1) is 16.2. The number of piperidine rings is 1. The second-order valence-electron chi connectivity index (χ2n) is 6.14. The van der Waals surface area contributed by atoms with Gasteiger partial charge in [0.1, 0.15) is 0 Å². The monoisotopic (exact) mass is 328 g/mol. The molecule has 1 fully saturated rings. The third kappa shape index (κ3) is 3.98. The van der Waals surface area contributed by atoms with E-state index in [-0.39, 0.29) is 17.9 Å². The van der Waals surface area contributed by atoms with Gasteiger partial charge in [-0.25, -0.2) is 0 Å². The number of anilines is 1. The molecule has 8 nitrogen and oxygen atoms in total. The van der Waals surface area contributed by atoms with Gasteiger partial charge in [0.2, 0.25) is 11.8 Å². The molecule has 1 aromatic rings. The molecule has 8 heteroatoms. The molecule has 1 atom stereocenters. The maximum absolute atomic E-state index is 12.1. The molecule has 3 heterocycles. The zero-order valence-electron chi connectivity index (χ0n) is 13.4. The molecule has 1 saturated heterocycles. The number of carbonyl (C=O) groups is 2. The van der Waals surface area contributed by atoms with Gasteiger partial charge in [-0.05, 0) is 6.42 Å². The largest absolute Gasteiger partial charge is 0.354 e. The molecular formula is C16H20N6O2. The third-order valence-electron chi connectivity index (χ3n) is 4.30. The van der Waals surface area contributed by atoms with E-state index in [0.29, 0.717) is 44.3 Å². The van der Waals surface area contributed by atoms with Crippen molar-refractivity contribution in [1.82, 2.24) is 15.1 Å². The number of amides is 2. The van der Waals surface area contributed by atoms with Crippen molar-refractivity contribution in [2.45, 2.75) is 50.2 Å². The summed E-state index contributed by atoms with van der Waals surface area (Å²) in [7, 11) is 0. The summed E-state index contributed by atoms with van der Waals surface area (Å²) in [5, 5.41) is 18.0. The maximum atomic E-state index is 12.1. The maximum Gasteiger partial charge on any atom is 0.224 e. The Balaban J connectivity index is 1.45. The van der Waals surface area contributed by atoms with Crippen molar-refractivity contribution in [3.8, 4) is 12.3 Å². The number of rotatable bonds is 7. The summed E-state index contributed by atoms with van der Waals surface area (Å²) in [4.78, 5) is 23.3. The van der Waals surface area contributed by atoms with Crippen molar-refractivity contribution >= 4 is 17.5 Å². The summed E-state index contributed by atoms with van der Waals surface area (Å²) in [6, 6.07) is 0.129. The summed E-state index contributed by atoms with van der Waals surface area (Å²) >= 11 is 0. The van der Waals surface area contributed by atoms with Crippen molar-refractivity contribution in [2.24, 2.45) is 10.2 Å². The van der Waals surface area contributed by atoms with Gasteiger partial charge in [-0.1, -0.05) is 0 Å². The average Bonchev–Trinajstić information content (AvgIpc) is 3.21. The van der Waals surface area contributed by atoms with Gasteiger partial charge in [0.25, 0.3) is 0 Å². The summed E-state index contributed by atoms with van der Waals surface area (Å²) in [6.45, 7) is 0.564. The Morgan fingerprint density at radius 3 is 3.00 bits per heavy atom. The molecule has 0 aromatic carbocycles. The highest BCUT2D eigenvalue weighted by atomic mass is 16.2. The van der Waals surface area contributed by atoms with Crippen molar-refractivity contribution in [3.63, 3.8) is 0 Å². The minimum atomic E-state index is -0.436. The van der Waals surface area contributed by atoms with Crippen LogP contribution in [0.25, 0.3) is 0 Å². The van der Waals surface area contributed by atoms with Crippen LogP contribution in [0.1, 0.15) is 44.6 Å². The van der Waals surface area contributed by atoms with E-state index in [1.165, 1.54) is 0 Å². The van der Waals surface area contributed by atoms with Gasteiger partial charge in [-0.3, -0.25) is 14.3 Å². The topological polar surface area (TPSA) is 101 Å². The third-order valence-corrected chi connectivity index (χ3v) is 4.30. The van der Waals surface area contributed by atoms with Crippen LogP contribution in [0.15, 0.2) is 22.6 Å². The van der Waals surface area contributed by atoms with Crippen LogP contribution < -0.4 is 10.6 Å². The minimum Gasteiger partial charge on any atom is -0.354 e. The first-order valence-electron chi connectivity index (χ1n) is 8.08. The summed E-state index contributed by atoms with van der Waals surface area (Å²) in [5.41, 5.74) is 0.216. The smallest absolute Gasteiger partial charge is 0.224 e. The predicted octanol–water partition coefficient (Wildman–Crippen LogP) is 1.63. The molecule has 0 bridgehead atoms. The number of nitrogens with one attached hydrogen (secondary N) is 2.